The Morgan fingerprint density at radius 1 is 1.04 bits per heavy atom. The second-order valence-corrected chi connectivity index (χ2v) is 6.60. The summed E-state index contributed by atoms with van der Waals surface area (Å²) in [7, 11) is 0. The summed E-state index contributed by atoms with van der Waals surface area (Å²) in [5.74, 6) is 0.0456. The number of carbonyl (C=O) groups excluding carboxylic acids is 2. The molecule has 1 unspecified atom stereocenters. The molecule has 0 aromatic heterocycles. The van der Waals surface area contributed by atoms with Gasteiger partial charge in [0.2, 0.25) is 5.91 Å². The molecule has 0 bridgehead atoms. The summed E-state index contributed by atoms with van der Waals surface area (Å²) in [6.07, 6.45) is 5.17. The average molecular weight is 353 g/mol. The van der Waals surface area contributed by atoms with E-state index < -0.39 is 0 Å². The van der Waals surface area contributed by atoms with Gasteiger partial charge >= 0.3 is 0 Å². The van der Waals surface area contributed by atoms with Crippen molar-refractivity contribution in [2.45, 2.75) is 18.9 Å². The number of benzene rings is 2. The predicted molar refractivity (Wildman–Crippen MR) is 97.5 cm³/mol. The molecule has 1 atom stereocenters. The molecule has 1 saturated heterocycles. The van der Waals surface area contributed by atoms with Crippen molar-refractivity contribution in [2.24, 2.45) is 0 Å². The Balaban J connectivity index is 1.77. The monoisotopic (exact) mass is 352 g/mol. The van der Waals surface area contributed by atoms with Crippen LogP contribution in [0.3, 0.4) is 0 Å². The Labute approximate surface area is 151 Å². The molecule has 2 aromatic carbocycles. The van der Waals surface area contributed by atoms with Crippen molar-refractivity contribution < 1.29 is 9.59 Å². The summed E-state index contributed by atoms with van der Waals surface area (Å²) in [4.78, 5) is 28.3. The molecule has 0 N–H and O–H groups in total. The third-order valence-corrected chi connectivity index (χ3v) is 5.00. The van der Waals surface area contributed by atoms with Gasteiger partial charge in [-0.2, -0.15) is 0 Å². The van der Waals surface area contributed by atoms with Crippen LogP contribution in [0, 0.1) is 0 Å². The molecular formula is C20H17ClN2O2. The van der Waals surface area contributed by atoms with Crippen molar-refractivity contribution in [2.75, 3.05) is 11.4 Å². The minimum Gasteiger partial charge on any atom is -0.319 e. The van der Waals surface area contributed by atoms with Crippen LogP contribution in [0.4, 0.5) is 5.69 Å². The molecule has 126 valence electrons. The fourth-order valence-electron chi connectivity index (χ4n) is 3.45. The predicted octanol–water partition coefficient (Wildman–Crippen LogP) is 4.18. The minimum absolute atomic E-state index is 0.0777. The number of likely N-dealkylation sites (tertiary alicyclic amines) is 1. The molecule has 1 fully saturated rings. The fraction of sp³-hybridized carbons (Fsp3) is 0.200. The van der Waals surface area contributed by atoms with E-state index in [9.17, 15) is 9.59 Å². The highest BCUT2D eigenvalue weighted by atomic mass is 35.5. The number of anilines is 1. The summed E-state index contributed by atoms with van der Waals surface area (Å²) in [5, 5.41) is 0.527. The van der Waals surface area contributed by atoms with Crippen molar-refractivity contribution in [1.29, 1.82) is 0 Å². The third-order valence-electron chi connectivity index (χ3n) is 4.68. The lowest BCUT2D eigenvalue weighted by Gasteiger charge is -2.24. The average Bonchev–Trinajstić information content (AvgIpc) is 3.15. The summed E-state index contributed by atoms with van der Waals surface area (Å²) in [6.45, 7) is 0.726. The van der Waals surface area contributed by atoms with Crippen molar-refractivity contribution in [3.63, 3.8) is 0 Å². The maximum atomic E-state index is 13.0. The van der Waals surface area contributed by atoms with Gasteiger partial charge in [-0.3, -0.25) is 14.5 Å². The fourth-order valence-corrected chi connectivity index (χ4v) is 3.68. The Morgan fingerprint density at radius 3 is 2.56 bits per heavy atom. The number of rotatable bonds is 3. The van der Waals surface area contributed by atoms with Crippen molar-refractivity contribution in [1.82, 2.24) is 4.90 Å². The molecule has 5 heteroatoms. The summed E-state index contributed by atoms with van der Waals surface area (Å²) >= 11 is 6.35. The van der Waals surface area contributed by atoms with Crippen LogP contribution in [0.15, 0.2) is 60.8 Å². The first-order chi connectivity index (χ1) is 12.2. The smallest absolute Gasteiger partial charge is 0.259 e. The van der Waals surface area contributed by atoms with Gasteiger partial charge in [0, 0.05) is 24.7 Å². The second kappa shape index (κ2) is 6.37. The molecule has 0 saturated carbocycles. The zero-order valence-corrected chi connectivity index (χ0v) is 14.3. The van der Waals surface area contributed by atoms with Crippen molar-refractivity contribution in [3.05, 3.63) is 77.0 Å². The highest BCUT2D eigenvalue weighted by Gasteiger charge is 2.37. The van der Waals surface area contributed by atoms with Crippen LogP contribution in [0.25, 0.3) is 0 Å². The van der Waals surface area contributed by atoms with Gasteiger partial charge in [-0.15, -0.1) is 0 Å². The van der Waals surface area contributed by atoms with Gasteiger partial charge in [0.05, 0.1) is 16.8 Å². The maximum Gasteiger partial charge on any atom is 0.259 e. The van der Waals surface area contributed by atoms with Crippen molar-refractivity contribution >= 4 is 29.1 Å². The number of para-hydroxylation sites is 1. The Morgan fingerprint density at radius 2 is 1.80 bits per heavy atom. The number of nitrogens with zero attached hydrogens (tertiary/aromatic N) is 2. The zero-order valence-electron chi connectivity index (χ0n) is 13.6. The van der Waals surface area contributed by atoms with Crippen LogP contribution in [0.2, 0.25) is 5.02 Å². The van der Waals surface area contributed by atoms with E-state index in [1.165, 1.54) is 0 Å². The Bertz CT molecular complexity index is 878. The second-order valence-electron chi connectivity index (χ2n) is 6.19. The molecule has 2 aliphatic heterocycles. The number of halogens is 1. The molecule has 25 heavy (non-hydrogen) atoms. The highest BCUT2D eigenvalue weighted by Crippen LogP contribution is 2.41. The molecule has 0 radical (unpaired) electrons. The number of hydrogen-bond acceptors (Lipinski definition) is 2. The molecule has 2 amide bonds. The van der Waals surface area contributed by atoms with Crippen LogP contribution >= 0.6 is 11.6 Å². The lowest BCUT2D eigenvalue weighted by molar-refractivity contribution is -0.125. The number of carbonyl (C=O) groups is 2. The number of amides is 2. The van der Waals surface area contributed by atoms with Crippen LogP contribution < -0.4 is 4.90 Å². The molecular weight excluding hydrogens is 336 g/mol. The van der Waals surface area contributed by atoms with E-state index in [1.807, 2.05) is 48.5 Å². The number of hydrogen-bond donors (Lipinski definition) is 0. The van der Waals surface area contributed by atoms with E-state index in [4.69, 9.17) is 11.6 Å². The lowest BCUT2D eigenvalue weighted by Crippen LogP contribution is -2.27. The van der Waals surface area contributed by atoms with Gasteiger partial charge in [-0.1, -0.05) is 41.9 Å². The topological polar surface area (TPSA) is 40.6 Å². The summed E-state index contributed by atoms with van der Waals surface area (Å²) in [5.41, 5.74) is 2.27. The van der Waals surface area contributed by atoms with Gasteiger partial charge in [0.25, 0.3) is 5.91 Å². The lowest BCUT2D eigenvalue weighted by atomic mass is 10.0. The van der Waals surface area contributed by atoms with E-state index >= 15 is 0 Å². The first-order valence-corrected chi connectivity index (χ1v) is 8.69. The summed E-state index contributed by atoms with van der Waals surface area (Å²) < 4.78 is 0. The van der Waals surface area contributed by atoms with Gasteiger partial charge in [0.1, 0.15) is 0 Å². The third kappa shape index (κ3) is 2.72. The highest BCUT2D eigenvalue weighted by molar-refractivity contribution is 6.34. The first-order valence-electron chi connectivity index (χ1n) is 8.31. The molecule has 0 aliphatic carbocycles. The Hall–Kier alpha value is -2.59. The summed E-state index contributed by atoms with van der Waals surface area (Å²) in [6, 6.07) is 14.6. The molecule has 2 aromatic rings. The van der Waals surface area contributed by atoms with E-state index in [1.54, 1.807) is 22.1 Å². The molecule has 2 aliphatic rings. The Kier molecular flexibility index (Phi) is 4.06. The quantitative estimate of drug-likeness (QED) is 0.831. The molecule has 0 spiro atoms. The van der Waals surface area contributed by atoms with Gasteiger partial charge in [0.15, 0.2) is 0 Å². The normalized spacial score (nSPS) is 20.0. The van der Waals surface area contributed by atoms with E-state index in [-0.39, 0.29) is 17.9 Å². The van der Waals surface area contributed by atoms with Crippen LogP contribution in [-0.4, -0.2) is 23.3 Å². The zero-order chi connectivity index (χ0) is 17.4. The first kappa shape index (κ1) is 15.9. The van der Waals surface area contributed by atoms with E-state index in [0.29, 0.717) is 22.7 Å². The van der Waals surface area contributed by atoms with Gasteiger partial charge < -0.3 is 4.90 Å². The van der Waals surface area contributed by atoms with Gasteiger partial charge in [-0.25, -0.2) is 0 Å². The maximum absolute atomic E-state index is 13.0. The molecule has 4 nitrogen and oxygen atoms in total. The van der Waals surface area contributed by atoms with Crippen LogP contribution in [-0.2, 0) is 4.79 Å². The molecule has 2 heterocycles. The van der Waals surface area contributed by atoms with E-state index in [2.05, 4.69) is 0 Å². The van der Waals surface area contributed by atoms with Crippen LogP contribution in [0.1, 0.15) is 34.8 Å². The minimum atomic E-state index is -0.281. The SMILES string of the molecule is O=C1CCCN1/C=C/C1c2ccccc2C(=O)N1c1ccccc1Cl. The van der Waals surface area contributed by atoms with Crippen LogP contribution in [0.5, 0.6) is 0 Å². The molecule has 4 rings (SSSR count). The largest absolute Gasteiger partial charge is 0.319 e. The van der Waals surface area contributed by atoms with Gasteiger partial charge in [-0.05, 0) is 36.3 Å². The van der Waals surface area contributed by atoms with Crippen molar-refractivity contribution in [3.8, 4) is 0 Å². The standard InChI is InChI=1S/C20H17ClN2O2/c21-16-8-3-4-9-18(16)23-17(11-13-22-12-5-10-19(22)24)14-6-1-2-7-15(14)20(23)25/h1-4,6-9,11,13,17H,5,10,12H2/b13-11+. The number of fused-ring (bicyclic) bond motifs is 1. The van der Waals surface area contributed by atoms with E-state index in [0.717, 1.165) is 18.5 Å².